The quantitative estimate of drug-likeness (QED) is 0.621. The molecule has 3 aliphatic carbocycles. The zero-order valence-electron chi connectivity index (χ0n) is 15.9. The number of rotatable bonds is 0. The van der Waals surface area contributed by atoms with Crippen LogP contribution in [0.15, 0.2) is 6.07 Å². The van der Waals surface area contributed by atoms with Crippen LogP contribution in [0.2, 0.25) is 0 Å². The van der Waals surface area contributed by atoms with E-state index in [4.69, 9.17) is 0 Å². The number of aromatic hydroxyl groups is 2. The Morgan fingerprint density at radius 1 is 1.00 bits per heavy atom. The monoisotopic (exact) mass is 328 g/mol. The number of fused-ring (bicyclic) bond motifs is 5. The van der Waals surface area contributed by atoms with Crippen molar-refractivity contribution in [1.82, 2.24) is 0 Å². The molecule has 24 heavy (non-hydrogen) atoms. The summed E-state index contributed by atoms with van der Waals surface area (Å²) in [5.74, 6) is 1.53. The van der Waals surface area contributed by atoms with Crippen LogP contribution in [0, 0.1) is 29.6 Å². The highest BCUT2D eigenvalue weighted by molar-refractivity contribution is 5.59. The fraction of sp³-hybridized carbons (Fsp3) is 0.727. The Labute approximate surface area is 146 Å². The first kappa shape index (κ1) is 16.3. The van der Waals surface area contributed by atoms with Gasteiger partial charge in [0.15, 0.2) is 11.5 Å². The maximum Gasteiger partial charge on any atom is 0.160 e. The number of hydrogen-bond donors (Lipinski definition) is 2. The molecule has 0 bridgehead atoms. The predicted molar refractivity (Wildman–Crippen MR) is 97.5 cm³/mol. The van der Waals surface area contributed by atoms with Crippen molar-refractivity contribution >= 4 is 0 Å². The van der Waals surface area contributed by atoms with Gasteiger partial charge >= 0.3 is 0 Å². The number of phenolic OH excluding ortho intramolecular Hbond substituents is 2. The molecule has 0 aliphatic heterocycles. The second kappa shape index (κ2) is 4.71. The molecule has 0 aromatic heterocycles. The summed E-state index contributed by atoms with van der Waals surface area (Å²) in [6.07, 6.45) is 7.39. The lowest BCUT2D eigenvalue weighted by Crippen LogP contribution is -2.55. The van der Waals surface area contributed by atoms with Crippen molar-refractivity contribution < 1.29 is 10.2 Å². The Bertz CT molecular complexity index is 704. The van der Waals surface area contributed by atoms with Gasteiger partial charge in [0.1, 0.15) is 0 Å². The minimum atomic E-state index is 0.0548. The van der Waals surface area contributed by atoms with Crippen molar-refractivity contribution in [2.45, 2.75) is 78.6 Å². The first-order chi connectivity index (χ1) is 11.1. The molecule has 0 heterocycles. The van der Waals surface area contributed by atoms with Gasteiger partial charge in [-0.2, -0.15) is 0 Å². The maximum atomic E-state index is 10.5. The van der Waals surface area contributed by atoms with Crippen molar-refractivity contribution in [3.63, 3.8) is 0 Å². The third kappa shape index (κ3) is 1.83. The Hall–Kier alpha value is -1.18. The van der Waals surface area contributed by atoms with E-state index < -0.39 is 0 Å². The van der Waals surface area contributed by atoms with Gasteiger partial charge in [-0.25, -0.2) is 0 Å². The molecule has 0 amide bonds. The third-order valence-electron chi connectivity index (χ3n) is 8.35. The molecule has 2 N–H and O–H groups in total. The van der Waals surface area contributed by atoms with E-state index in [2.05, 4.69) is 34.6 Å². The summed E-state index contributed by atoms with van der Waals surface area (Å²) < 4.78 is 0. The van der Waals surface area contributed by atoms with Gasteiger partial charge in [0.05, 0.1) is 0 Å². The lowest BCUT2D eigenvalue weighted by Gasteiger charge is -2.61. The summed E-state index contributed by atoms with van der Waals surface area (Å²) >= 11 is 0. The van der Waals surface area contributed by atoms with Gasteiger partial charge in [-0.05, 0) is 84.3 Å². The molecule has 1 aromatic carbocycles. The molecule has 3 aliphatic rings. The lowest BCUT2D eigenvalue weighted by molar-refractivity contribution is -0.0983. The zero-order valence-corrected chi connectivity index (χ0v) is 15.9. The average molecular weight is 328 g/mol. The van der Waals surface area contributed by atoms with E-state index in [-0.39, 0.29) is 16.9 Å². The lowest BCUT2D eigenvalue weighted by atomic mass is 9.43. The SMILES string of the molecule is Cc1cc(O)c(O)c2c1[C@@]1(C)CCC3C(C)(C)CCC[C@]3(C)[C@H]1C2. The van der Waals surface area contributed by atoms with Gasteiger partial charge in [0.25, 0.3) is 0 Å². The molecule has 132 valence electrons. The topological polar surface area (TPSA) is 40.5 Å². The predicted octanol–water partition coefficient (Wildman–Crippen LogP) is 5.46. The molecule has 0 radical (unpaired) electrons. The highest BCUT2D eigenvalue weighted by Gasteiger charge is 2.61. The molecule has 0 spiro atoms. The molecule has 4 atom stereocenters. The van der Waals surface area contributed by atoms with Gasteiger partial charge in [-0.15, -0.1) is 0 Å². The summed E-state index contributed by atoms with van der Waals surface area (Å²) in [4.78, 5) is 0. The molecule has 4 rings (SSSR count). The highest BCUT2D eigenvalue weighted by Crippen LogP contribution is 2.68. The second-order valence-electron chi connectivity index (χ2n) is 10.0. The first-order valence-corrected chi connectivity index (χ1v) is 9.66. The smallest absolute Gasteiger partial charge is 0.160 e. The Balaban J connectivity index is 1.87. The summed E-state index contributed by atoms with van der Waals surface area (Å²) in [5, 5.41) is 20.6. The molecule has 1 aromatic rings. The van der Waals surface area contributed by atoms with Crippen LogP contribution in [0.3, 0.4) is 0 Å². The van der Waals surface area contributed by atoms with Gasteiger partial charge < -0.3 is 10.2 Å². The number of phenols is 2. The fourth-order valence-corrected chi connectivity index (χ4v) is 7.46. The number of benzene rings is 1. The first-order valence-electron chi connectivity index (χ1n) is 9.66. The van der Waals surface area contributed by atoms with Gasteiger partial charge in [-0.1, -0.05) is 34.1 Å². The molecule has 2 fully saturated rings. The summed E-state index contributed by atoms with van der Waals surface area (Å²) in [6, 6.07) is 1.76. The standard InChI is InChI=1S/C22H32O2/c1-13-11-15(23)19(24)14-12-17-21(4)9-6-8-20(2,3)16(21)7-10-22(17,5)18(13)14/h11,16-17,23-24H,6-10,12H2,1-5H3/t16?,17-,21+,22+/m1/s1. The largest absolute Gasteiger partial charge is 0.504 e. The number of aryl methyl sites for hydroxylation is 1. The van der Waals surface area contributed by atoms with Crippen LogP contribution in [-0.4, -0.2) is 10.2 Å². The molecule has 2 heteroatoms. The van der Waals surface area contributed by atoms with E-state index in [9.17, 15) is 10.2 Å². The van der Waals surface area contributed by atoms with Crippen LogP contribution in [-0.2, 0) is 11.8 Å². The summed E-state index contributed by atoms with van der Waals surface area (Å²) in [6.45, 7) is 12.0. The van der Waals surface area contributed by atoms with Crippen LogP contribution in [0.1, 0.15) is 76.5 Å². The van der Waals surface area contributed by atoms with Crippen LogP contribution in [0.25, 0.3) is 0 Å². The third-order valence-corrected chi connectivity index (χ3v) is 8.35. The normalized spacial score (nSPS) is 39.9. The fourth-order valence-electron chi connectivity index (χ4n) is 7.46. The number of hydrogen-bond acceptors (Lipinski definition) is 2. The van der Waals surface area contributed by atoms with Gasteiger partial charge in [0, 0.05) is 5.56 Å². The minimum Gasteiger partial charge on any atom is -0.504 e. The summed E-state index contributed by atoms with van der Waals surface area (Å²) in [7, 11) is 0. The Morgan fingerprint density at radius 2 is 1.71 bits per heavy atom. The van der Waals surface area contributed by atoms with E-state index in [0.717, 1.165) is 23.5 Å². The molecule has 0 saturated heterocycles. The van der Waals surface area contributed by atoms with E-state index in [0.29, 0.717) is 16.7 Å². The van der Waals surface area contributed by atoms with E-state index in [1.165, 1.54) is 37.7 Å². The van der Waals surface area contributed by atoms with Crippen LogP contribution in [0.5, 0.6) is 11.5 Å². The summed E-state index contributed by atoms with van der Waals surface area (Å²) in [5.41, 5.74) is 4.42. The van der Waals surface area contributed by atoms with Crippen molar-refractivity contribution in [3.05, 3.63) is 22.8 Å². The van der Waals surface area contributed by atoms with Crippen LogP contribution in [0.4, 0.5) is 0 Å². The van der Waals surface area contributed by atoms with Gasteiger partial charge in [0.2, 0.25) is 0 Å². The van der Waals surface area contributed by atoms with E-state index >= 15 is 0 Å². The van der Waals surface area contributed by atoms with Crippen molar-refractivity contribution in [1.29, 1.82) is 0 Å². The molecule has 2 saturated carbocycles. The van der Waals surface area contributed by atoms with Crippen molar-refractivity contribution in [2.75, 3.05) is 0 Å². The average Bonchev–Trinajstić information content (AvgIpc) is 2.79. The van der Waals surface area contributed by atoms with Crippen LogP contribution < -0.4 is 0 Å². The van der Waals surface area contributed by atoms with Crippen LogP contribution >= 0.6 is 0 Å². The van der Waals surface area contributed by atoms with E-state index in [1.54, 1.807) is 6.07 Å². The molecular formula is C22H32O2. The Morgan fingerprint density at radius 3 is 2.42 bits per heavy atom. The molecular weight excluding hydrogens is 296 g/mol. The minimum absolute atomic E-state index is 0.0548. The van der Waals surface area contributed by atoms with Gasteiger partial charge in [-0.3, -0.25) is 0 Å². The zero-order chi connectivity index (χ0) is 17.5. The van der Waals surface area contributed by atoms with Crippen molar-refractivity contribution in [3.8, 4) is 11.5 Å². The second-order valence-corrected chi connectivity index (χ2v) is 10.0. The molecule has 1 unspecified atom stereocenters. The van der Waals surface area contributed by atoms with E-state index in [1.807, 2.05) is 0 Å². The Kier molecular flexibility index (Phi) is 3.20. The molecule has 2 nitrogen and oxygen atoms in total. The van der Waals surface area contributed by atoms with Crippen molar-refractivity contribution in [2.24, 2.45) is 22.7 Å². The maximum absolute atomic E-state index is 10.5. The highest BCUT2D eigenvalue weighted by atomic mass is 16.3.